The van der Waals surface area contributed by atoms with Gasteiger partial charge >= 0.3 is 0 Å². The smallest absolute Gasteiger partial charge is 0.223 e. The van der Waals surface area contributed by atoms with Crippen molar-refractivity contribution in [3.63, 3.8) is 0 Å². The van der Waals surface area contributed by atoms with E-state index in [-0.39, 0.29) is 17.9 Å². The van der Waals surface area contributed by atoms with Gasteiger partial charge < -0.3 is 5.32 Å². The number of carbonyl (C=O) groups excluding carboxylic acids is 1. The number of pyridine rings is 1. The van der Waals surface area contributed by atoms with Crippen LogP contribution >= 0.6 is 0 Å². The molecule has 2 atom stereocenters. The number of nitrogens with one attached hydrogen (secondary N) is 1. The zero-order valence-electron chi connectivity index (χ0n) is 13.0. The van der Waals surface area contributed by atoms with Crippen LogP contribution < -0.4 is 5.32 Å². The Balaban J connectivity index is 2.20. The van der Waals surface area contributed by atoms with Gasteiger partial charge in [0.05, 0.1) is 6.04 Å². The van der Waals surface area contributed by atoms with Crippen LogP contribution in [0.2, 0.25) is 0 Å². The van der Waals surface area contributed by atoms with Crippen molar-refractivity contribution >= 4 is 11.6 Å². The predicted octanol–water partition coefficient (Wildman–Crippen LogP) is 3.12. The van der Waals surface area contributed by atoms with Crippen LogP contribution in [0, 0.1) is 5.92 Å². The number of hydrogen-bond donors (Lipinski definition) is 1. The van der Waals surface area contributed by atoms with Gasteiger partial charge in [-0.3, -0.25) is 9.20 Å². The van der Waals surface area contributed by atoms with Crippen LogP contribution in [0.5, 0.6) is 0 Å². The van der Waals surface area contributed by atoms with E-state index < -0.39 is 0 Å². The molecule has 0 spiro atoms. The molecule has 2 aromatic rings. The molecule has 0 fully saturated rings. The molecular weight excluding hydrogens is 264 g/mol. The lowest BCUT2D eigenvalue weighted by atomic mass is 10.0. The van der Waals surface area contributed by atoms with Gasteiger partial charge in [-0.15, -0.1) is 10.2 Å². The molecule has 0 aromatic carbocycles. The molecule has 114 valence electrons. The van der Waals surface area contributed by atoms with Gasteiger partial charge in [-0.05, 0) is 25.0 Å². The minimum Gasteiger partial charge on any atom is -0.346 e. The van der Waals surface area contributed by atoms with Gasteiger partial charge in [0, 0.05) is 12.1 Å². The van der Waals surface area contributed by atoms with E-state index in [1.54, 1.807) is 0 Å². The molecule has 2 heterocycles. The molecule has 0 unspecified atom stereocenters. The van der Waals surface area contributed by atoms with E-state index in [0.29, 0.717) is 0 Å². The van der Waals surface area contributed by atoms with E-state index >= 15 is 0 Å². The van der Waals surface area contributed by atoms with Crippen molar-refractivity contribution in [1.82, 2.24) is 19.9 Å². The summed E-state index contributed by atoms with van der Waals surface area (Å²) in [6.07, 6.45) is 5.70. The van der Waals surface area contributed by atoms with E-state index in [1.165, 1.54) is 0 Å². The number of nitrogens with zero attached hydrogens (tertiary/aromatic N) is 3. The average molecular weight is 288 g/mol. The Hall–Kier alpha value is -1.91. The van der Waals surface area contributed by atoms with Crippen LogP contribution in [0.1, 0.15) is 58.3 Å². The number of fused-ring (bicyclic) bond motifs is 1. The molecule has 2 aromatic heterocycles. The number of amides is 1. The first kappa shape index (κ1) is 15.5. The second-order valence-corrected chi connectivity index (χ2v) is 5.53. The SMILES string of the molecule is CCC[C@H](C)C(=O)N[C@H](CCC)c1nnc2ccccn12. The Morgan fingerprint density at radius 2 is 2.00 bits per heavy atom. The van der Waals surface area contributed by atoms with Crippen molar-refractivity contribution < 1.29 is 4.79 Å². The molecule has 5 heteroatoms. The minimum atomic E-state index is -0.0841. The third-order valence-corrected chi connectivity index (χ3v) is 3.71. The fourth-order valence-corrected chi connectivity index (χ4v) is 2.53. The van der Waals surface area contributed by atoms with Crippen LogP contribution in [0.4, 0.5) is 0 Å². The third kappa shape index (κ3) is 3.60. The maximum absolute atomic E-state index is 12.3. The summed E-state index contributed by atoms with van der Waals surface area (Å²) in [5.74, 6) is 0.945. The standard InChI is InChI=1S/C16H24N4O/c1-4-8-12(3)16(21)17-13(9-5-2)15-19-18-14-10-6-7-11-20(14)15/h6-7,10-13H,4-5,8-9H2,1-3H3,(H,17,21)/t12-,13+/m0/s1. The topological polar surface area (TPSA) is 59.3 Å². The third-order valence-electron chi connectivity index (χ3n) is 3.71. The van der Waals surface area contributed by atoms with Gasteiger partial charge in [0.2, 0.25) is 5.91 Å². The molecule has 5 nitrogen and oxygen atoms in total. The lowest BCUT2D eigenvalue weighted by Gasteiger charge is -2.19. The highest BCUT2D eigenvalue weighted by atomic mass is 16.1. The minimum absolute atomic E-state index is 0.0357. The summed E-state index contributed by atoms with van der Waals surface area (Å²) >= 11 is 0. The van der Waals surface area contributed by atoms with Crippen molar-refractivity contribution in [2.24, 2.45) is 5.92 Å². The molecule has 1 N–H and O–H groups in total. The summed E-state index contributed by atoms with van der Waals surface area (Å²) in [5.41, 5.74) is 0.810. The van der Waals surface area contributed by atoms with Crippen molar-refractivity contribution in [3.05, 3.63) is 30.2 Å². The first-order valence-corrected chi connectivity index (χ1v) is 7.77. The Bertz CT molecular complexity index is 593. The maximum Gasteiger partial charge on any atom is 0.223 e. The lowest BCUT2D eigenvalue weighted by molar-refractivity contribution is -0.125. The van der Waals surface area contributed by atoms with Crippen LogP contribution in [-0.4, -0.2) is 20.5 Å². The first-order chi connectivity index (χ1) is 10.2. The zero-order chi connectivity index (χ0) is 15.2. The Morgan fingerprint density at radius 1 is 1.24 bits per heavy atom. The van der Waals surface area contributed by atoms with E-state index in [2.05, 4.69) is 29.4 Å². The normalized spacial score (nSPS) is 14.0. The van der Waals surface area contributed by atoms with Crippen LogP contribution in [0.25, 0.3) is 5.65 Å². The summed E-state index contributed by atoms with van der Waals surface area (Å²) in [4.78, 5) is 12.3. The zero-order valence-corrected chi connectivity index (χ0v) is 13.0. The van der Waals surface area contributed by atoms with Crippen LogP contribution in [0.15, 0.2) is 24.4 Å². The Kier molecular flexibility index (Phi) is 5.31. The molecule has 0 aliphatic rings. The molecule has 2 rings (SSSR count). The van der Waals surface area contributed by atoms with Crippen molar-refractivity contribution in [1.29, 1.82) is 0 Å². The lowest BCUT2D eigenvalue weighted by Crippen LogP contribution is -2.33. The molecule has 21 heavy (non-hydrogen) atoms. The quantitative estimate of drug-likeness (QED) is 0.851. The largest absolute Gasteiger partial charge is 0.346 e. The summed E-state index contributed by atoms with van der Waals surface area (Å²) in [5, 5.41) is 11.6. The maximum atomic E-state index is 12.3. The van der Waals surface area contributed by atoms with Crippen molar-refractivity contribution in [2.45, 2.75) is 52.5 Å². The van der Waals surface area contributed by atoms with Gasteiger partial charge in [-0.1, -0.05) is 39.7 Å². The highest BCUT2D eigenvalue weighted by Gasteiger charge is 2.21. The predicted molar refractivity (Wildman–Crippen MR) is 82.9 cm³/mol. The molecule has 0 aliphatic heterocycles. The summed E-state index contributed by atoms with van der Waals surface area (Å²) in [7, 11) is 0. The van der Waals surface area contributed by atoms with Crippen LogP contribution in [-0.2, 0) is 4.79 Å². The Labute approximate surface area is 125 Å². The van der Waals surface area contributed by atoms with Crippen LogP contribution in [0.3, 0.4) is 0 Å². The van der Waals surface area contributed by atoms with Gasteiger partial charge in [0.1, 0.15) is 0 Å². The molecule has 0 bridgehead atoms. The van der Waals surface area contributed by atoms with E-state index in [1.807, 2.05) is 35.7 Å². The van der Waals surface area contributed by atoms with Crippen molar-refractivity contribution in [2.75, 3.05) is 0 Å². The van der Waals surface area contributed by atoms with Gasteiger partial charge in [0.25, 0.3) is 0 Å². The fourth-order valence-electron chi connectivity index (χ4n) is 2.53. The first-order valence-electron chi connectivity index (χ1n) is 7.77. The van der Waals surface area contributed by atoms with E-state index in [4.69, 9.17) is 0 Å². The average Bonchev–Trinajstić information content (AvgIpc) is 2.91. The number of hydrogen-bond acceptors (Lipinski definition) is 3. The summed E-state index contributed by atoms with van der Waals surface area (Å²) in [6.45, 7) is 6.18. The van der Waals surface area contributed by atoms with E-state index in [0.717, 1.165) is 37.2 Å². The molecule has 0 radical (unpaired) electrons. The molecular formula is C16H24N4O. The van der Waals surface area contributed by atoms with Gasteiger partial charge in [0.15, 0.2) is 11.5 Å². The second-order valence-electron chi connectivity index (χ2n) is 5.53. The summed E-state index contributed by atoms with van der Waals surface area (Å²) in [6, 6.07) is 5.72. The highest BCUT2D eigenvalue weighted by Crippen LogP contribution is 2.19. The van der Waals surface area contributed by atoms with E-state index in [9.17, 15) is 4.79 Å². The van der Waals surface area contributed by atoms with Gasteiger partial charge in [-0.25, -0.2) is 0 Å². The molecule has 0 saturated carbocycles. The second kappa shape index (κ2) is 7.20. The molecule has 1 amide bonds. The fraction of sp³-hybridized carbons (Fsp3) is 0.562. The Morgan fingerprint density at radius 3 is 2.71 bits per heavy atom. The monoisotopic (exact) mass is 288 g/mol. The van der Waals surface area contributed by atoms with Gasteiger partial charge in [-0.2, -0.15) is 0 Å². The number of aromatic nitrogens is 3. The molecule has 0 aliphatic carbocycles. The highest BCUT2D eigenvalue weighted by molar-refractivity contribution is 5.78. The summed E-state index contributed by atoms with van der Waals surface area (Å²) < 4.78 is 1.95. The number of rotatable bonds is 7. The molecule has 0 saturated heterocycles. The van der Waals surface area contributed by atoms with Crippen molar-refractivity contribution in [3.8, 4) is 0 Å². The number of carbonyl (C=O) groups is 1.